The van der Waals surface area contributed by atoms with Gasteiger partial charge in [-0.05, 0) is 91.9 Å². The zero-order valence-electron chi connectivity index (χ0n) is 64.4. The summed E-state index contributed by atoms with van der Waals surface area (Å²) in [5.74, 6) is 3.35. The number of H-pyrrole nitrogens is 2. The molecule has 121 heavy (non-hydrogen) atoms. The van der Waals surface area contributed by atoms with Crippen LogP contribution in [0.4, 0.5) is 90.7 Å². The smallest absolute Gasteiger partial charge is 0.417 e. The van der Waals surface area contributed by atoms with Crippen LogP contribution >= 0.6 is 0 Å². The van der Waals surface area contributed by atoms with E-state index in [0.29, 0.717) is 62.9 Å². The molecule has 5 aromatic carbocycles. The first-order valence-corrected chi connectivity index (χ1v) is 35.8. The third-order valence-corrected chi connectivity index (χ3v) is 17.7. The van der Waals surface area contributed by atoms with Crippen molar-refractivity contribution in [1.82, 2.24) is 48.6 Å². The number of nitrogens with one attached hydrogen (secondary N) is 4. The Morgan fingerprint density at radius 1 is 0.455 bits per heavy atom. The second-order valence-corrected chi connectivity index (χ2v) is 26.8. The number of ether oxygens (including phenoxy) is 1. The van der Waals surface area contributed by atoms with Crippen LogP contribution < -0.4 is 27.0 Å². The summed E-state index contributed by atoms with van der Waals surface area (Å²) in [6, 6.07) is 52.4. The first kappa shape index (κ1) is 89.5. The van der Waals surface area contributed by atoms with Gasteiger partial charge in [0.15, 0.2) is 6.61 Å². The average molecular weight is 1690 g/mol. The molecule has 630 valence electrons. The molecule has 0 atom stereocenters. The van der Waals surface area contributed by atoms with Crippen LogP contribution in [0.1, 0.15) is 61.7 Å². The van der Waals surface area contributed by atoms with Gasteiger partial charge in [-0.15, -0.1) is 0 Å². The molecule has 15 rings (SSSR count). The van der Waals surface area contributed by atoms with Crippen molar-refractivity contribution in [2.24, 2.45) is 32.1 Å². The number of anilines is 2. The SMILES string of the molecule is Cc1cc(C(F)(F)F)c2c(-c3ccccc3)c[nH]c2n1.Cc1cc(C(F)(F)F)c2c(-c3ccccc3)cn(C)c2n1.Cc1cc(C(F)(F)F)cc(N/N=C/Cc2ccccc2)n1.Cc1cc(C(F)(F)F)cc(NN)n1.Cn1cc(-c2ccccc2)c2c(C(F)(F)F)cc(=O)[nH]c21.Cn1cc(-c2ccccc2)c2c(C(F)(F)F)cc(OCC(=O)O)nc21. The number of nitrogens with two attached hydrogens (primary N) is 1. The lowest BCUT2D eigenvalue weighted by atomic mass is 10.0. The zero-order valence-corrected chi connectivity index (χ0v) is 64.4. The van der Waals surface area contributed by atoms with E-state index in [4.69, 9.17) is 15.7 Å². The molecule has 0 unspecified atom stereocenters. The second-order valence-electron chi connectivity index (χ2n) is 26.8. The first-order valence-electron chi connectivity index (χ1n) is 35.8. The number of aliphatic carboxylic acids is 1. The summed E-state index contributed by atoms with van der Waals surface area (Å²) in [5.41, 5.74) is 7.02. The molecule has 0 saturated heterocycles. The molecule has 10 aromatic heterocycles. The highest BCUT2D eigenvalue weighted by atomic mass is 19.4. The summed E-state index contributed by atoms with van der Waals surface area (Å²) in [6.07, 6.45) is -18.2. The molecule has 0 radical (unpaired) electrons. The number of aromatic nitrogens is 10. The van der Waals surface area contributed by atoms with Crippen LogP contribution in [0.5, 0.6) is 5.88 Å². The predicted octanol–water partition coefficient (Wildman–Crippen LogP) is 22.1. The third kappa shape index (κ3) is 22.7. The van der Waals surface area contributed by atoms with E-state index in [2.05, 4.69) is 50.8 Å². The van der Waals surface area contributed by atoms with Crippen molar-refractivity contribution in [2.75, 3.05) is 17.5 Å². The summed E-state index contributed by atoms with van der Waals surface area (Å²) in [4.78, 5) is 47.5. The predicted molar refractivity (Wildman–Crippen MR) is 423 cm³/mol. The normalized spacial score (nSPS) is 11.9. The number of carbonyl (C=O) groups is 1. The number of aryl methyl sites for hydroxylation is 7. The highest BCUT2D eigenvalue weighted by Crippen LogP contribution is 2.45. The van der Waals surface area contributed by atoms with E-state index >= 15 is 0 Å². The Morgan fingerprint density at radius 3 is 1.28 bits per heavy atom. The average Bonchev–Trinajstić information content (AvgIpc) is 1.55. The lowest BCUT2D eigenvalue weighted by Crippen LogP contribution is -2.14. The number of halogens is 18. The fraction of sp³-hybridized carbons (Fsp3) is 0.176. The van der Waals surface area contributed by atoms with E-state index in [0.717, 1.165) is 59.2 Å². The monoisotopic (exact) mass is 1690 g/mol. The summed E-state index contributed by atoms with van der Waals surface area (Å²) >= 11 is 0. The van der Waals surface area contributed by atoms with Crippen LogP contribution in [0, 0.1) is 27.7 Å². The zero-order chi connectivity index (χ0) is 88.3. The minimum atomic E-state index is -4.65. The van der Waals surface area contributed by atoms with Gasteiger partial charge in [0.2, 0.25) is 11.4 Å². The van der Waals surface area contributed by atoms with E-state index < -0.39 is 88.6 Å². The number of rotatable bonds is 12. The minimum absolute atomic E-state index is 0.00678. The summed E-state index contributed by atoms with van der Waals surface area (Å²) in [7, 11) is 4.88. The number of hydrogen-bond acceptors (Lipinski definition) is 12. The summed E-state index contributed by atoms with van der Waals surface area (Å²) < 4.78 is 244. The van der Waals surface area contributed by atoms with Gasteiger partial charge in [-0.1, -0.05) is 152 Å². The number of hydrogen-bond donors (Lipinski definition) is 6. The number of hydrazone groups is 1. The van der Waals surface area contributed by atoms with Crippen LogP contribution in [-0.4, -0.2) is 72.5 Å². The topological polar surface area (TPSA) is 237 Å². The molecule has 15 aromatic rings. The van der Waals surface area contributed by atoms with Gasteiger partial charge < -0.3 is 38.9 Å². The van der Waals surface area contributed by atoms with Gasteiger partial charge >= 0.3 is 43.0 Å². The molecule has 0 aliphatic rings. The van der Waals surface area contributed by atoms with Crippen molar-refractivity contribution >= 4 is 68.0 Å². The van der Waals surface area contributed by atoms with Gasteiger partial charge in [-0.2, -0.15) is 89.1 Å². The Bertz CT molecular complexity index is 6200. The van der Waals surface area contributed by atoms with Crippen LogP contribution in [0.2, 0.25) is 0 Å². The highest BCUT2D eigenvalue weighted by Gasteiger charge is 2.40. The maximum Gasteiger partial charge on any atom is 0.417 e. The molecule has 18 nitrogen and oxygen atoms in total. The van der Waals surface area contributed by atoms with Crippen LogP contribution in [0.15, 0.2) is 235 Å². The number of alkyl halides is 18. The van der Waals surface area contributed by atoms with Gasteiger partial charge in [0.05, 0.1) is 33.4 Å². The maximum absolute atomic E-state index is 13.6. The third-order valence-electron chi connectivity index (χ3n) is 17.7. The van der Waals surface area contributed by atoms with E-state index in [-0.39, 0.29) is 67.4 Å². The Kier molecular flexibility index (Phi) is 27.4. The standard InChI is InChI=1S/C17H13F3N2O3.C16H13F3N2.C15H14F3N3.C15H11F3N2O.C15H11F3N2.C7H8F3N3/c1-22-8-11(10-5-3-2-4-6-10)15-12(17(18,19)20)7-13(21-16(15)22)25-9-14(23)24;1-10-8-13(16(17,18)19)14-12(9-21(2)15(14)20-10)11-6-4-3-5-7-11;1-11-9-13(15(16,17)18)10-14(20-11)21-19-8-7-12-5-3-2-4-6-12;1-20-8-10(9-5-3-2-4-6-9)13-11(15(16,17)18)7-12(21)19-14(13)20;1-9-7-12(15(16,17)18)13-11(8-19-14(13)20-9)10-5-3-2-4-6-10;1-4-2-5(7(8,9)10)3-6(12-4)13-11/h2-8H,9H2,1H3,(H,23,24);3-9H,1-2H3;2-6,8-10H,7H2,1H3,(H,20,21);2-8H,1H3,(H,19,21);2-8H,1H3,(H,19,20);2-3H,11H2,1H3,(H,12,13)/b;;19-8+;;;. The number of hydrazine groups is 1. The minimum Gasteiger partial charge on any atom is -0.479 e. The summed E-state index contributed by atoms with van der Waals surface area (Å²) in [6.45, 7) is 5.33. The van der Waals surface area contributed by atoms with Crippen LogP contribution in [0.25, 0.3) is 88.6 Å². The van der Waals surface area contributed by atoms with Crippen molar-refractivity contribution in [3.05, 3.63) is 297 Å². The molecule has 0 amide bonds. The first-order chi connectivity index (χ1) is 56.9. The van der Waals surface area contributed by atoms with Gasteiger partial charge in [-0.25, -0.2) is 30.6 Å². The van der Waals surface area contributed by atoms with Crippen LogP contribution in [0.3, 0.4) is 0 Å². The lowest BCUT2D eigenvalue weighted by Gasteiger charge is -2.12. The fourth-order valence-electron chi connectivity index (χ4n) is 12.6. The van der Waals surface area contributed by atoms with Crippen molar-refractivity contribution in [3.63, 3.8) is 0 Å². The molecular weight excluding hydrogens is 1620 g/mol. The largest absolute Gasteiger partial charge is 0.479 e. The van der Waals surface area contributed by atoms with Gasteiger partial charge in [0, 0.05) is 137 Å². The number of carboxylic acid groups (broad SMARTS) is 1. The number of pyridine rings is 6. The summed E-state index contributed by atoms with van der Waals surface area (Å²) in [5, 5.41) is 12.8. The lowest BCUT2D eigenvalue weighted by molar-refractivity contribution is -0.140. The molecule has 36 heteroatoms. The Hall–Kier alpha value is -13.8. The highest BCUT2D eigenvalue weighted by molar-refractivity contribution is 6.00. The molecule has 7 N–H and O–H groups in total. The quantitative estimate of drug-likeness (QED) is 0.0290. The number of aromatic amines is 2. The fourth-order valence-corrected chi connectivity index (χ4v) is 12.6. The van der Waals surface area contributed by atoms with E-state index in [9.17, 15) is 88.6 Å². The molecule has 10 heterocycles. The molecule has 0 saturated carbocycles. The number of nitrogens with zero attached hydrogens (tertiary/aromatic N) is 9. The van der Waals surface area contributed by atoms with Crippen molar-refractivity contribution in [1.29, 1.82) is 0 Å². The molecule has 0 spiro atoms. The van der Waals surface area contributed by atoms with Gasteiger partial charge in [-0.3, -0.25) is 10.2 Å². The molecule has 0 fully saturated rings. The molecule has 0 aliphatic carbocycles. The Balaban J connectivity index is 0.000000154. The van der Waals surface area contributed by atoms with Gasteiger partial charge in [0.25, 0.3) is 0 Å². The van der Waals surface area contributed by atoms with Gasteiger partial charge in [0.1, 0.15) is 34.2 Å². The van der Waals surface area contributed by atoms with Crippen LogP contribution in [-0.2, 0) is 69.4 Å². The number of nitrogen functional groups attached to an aromatic ring is 1. The van der Waals surface area contributed by atoms with E-state index in [1.54, 1.807) is 168 Å². The van der Waals surface area contributed by atoms with E-state index in [1.165, 1.54) is 23.0 Å². The maximum atomic E-state index is 13.6. The Morgan fingerprint density at radius 2 is 0.835 bits per heavy atom. The Labute approximate surface area is 675 Å². The second kappa shape index (κ2) is 37.0. The van der Waals surface area contributed by atoms with E-state index in [1.807, 2.05) is 54.6 Å². The molecule has 0 aliphatic heterocycles. The number of fused-ring (bicyclic) bond motifs is 4. The molecule has 0 bridgehead atoms. The van der Waals surface area contributed by atoms with Crippen molar-refractivity contribution < 1.29 is 93.7 Å². The number of carboxylic acids is 1. The number of benzene rings is 5. The molecular formula is C85H70F18N14O4. The van der Waals surface area contributed by atoms with Crippen molar-refractivity contribution in [2.45, 2.75) is 71.2 Å². The van der Waals surface area contributed by atoms with Crippen molar-refractivity contribution in [3.8, 4) is 50.4 Å².